The number of hydrogen-bond donors (Lipinski definition) is 1. The molecule has 0 aliphatic carbocycles. The molecular formula is C16H14ClN3O3S. The van der Waals surface area contributed by atoms with Crippen LogP contribution in [0.15, 0.2) is 53.4 Å². The van der Waals surface area contributed by atoms with Crippen LogP contribution in [0.4, 0.5) is 5.82 Å². The summed E-state index contributed by atoms with van der Waals surface area (Å²) in [5.41, 5.74) is 0. The van der Waals surface area contributed by atoms with Crippen LogP contribution in [0.3, 0.4) is 0 Å². The number of anilines is 1. The molecule has 3 aromatic rings. The fraction of sp³-hybridized carbons (Fsp3) is 0.125. The summed E-state index contributed by atoms with van der Waals surface area (Å²) >= 11 is 6.01. The molecule has 1 heterocycles. The van der Waals surface area contributed by atoms with Gasteiger partial charge in [-0.05, 0) is 19.1 Å². The first-order valence-electron chi connectivity index (χ1n) is 7.18. The summed E-state index contributed by atoms with van der Waals surface area (Å²) in [6, 6.07) is 13.3. The summed E-state index contributed by atoms with van der Waals surface area (Å²) in [4.78, 5) is 0.0780. The lowest BCUT2D eigenvalue weighted by Crippen LogP contribution is -2.15. The third-order valence-corrected chi connectivity index (χ3v) is 4.92. The zero-order valence-electron chi connectivity index (χ0n) is 12.7. The molecule has 0 atom stereocenters. The second kappa shape index (κ2) is 6.62. The van der Waals surface area contributed by atoms with Crippen LogP contribution in [0.5, 0.6) is 5.75 Å². The Kier molecular flexibility index (Phi) is 4.55. The zero-order chi connectivity index (χ0) is 17.2. The Labute approximate surface area is 144 Å². The first-order valence-corrected chi connectivity index (χ1v) is 9.04. The van der Waals surface area contributed by atoms with Gasteiger partial charge in [0.15, 0.2) is 11.0 Å². The van der Waals surface area contributed by atoms with E-state index in [1.807, 2.05) is 6.92 Å². The van der Waals surface area contributed by atoms with E-state index in [2.05, 4.69) is 14.9 Å². The number of ether oxygens (including phenoxy) is 1. The topological polar surface area (TPSA) is 81.2 Å². The SMILES string of the molecule is CCOc1cccc(S(=O)(=O)Nc2nnc(Cl)c3ccccc23)c1. The maximum absolute atomic E-state index is 12.6. The molecule has 1 N–H and O–H groups in total. The van der Waals surface area contributed by atoms with Gasteiger partial charge in [-0.15, -0.1) is 10.2 Å². The average Bonchev–Trinajstić information content (AvgIpc) is 2.58. The molecule has 0 radical (unpaired) electrons. The van der Waals surface area contributed by atoms with Gasteiger partial charge in [0.25, 0.3) is 10.0 Å². The van der Waals surface area contributed by atoms with E-state index < -0.39 is 10.0 Å². The summed E-state index contributed by atoms with van der Waals surface area (Å²) in [6.45, 7) is 2.28. The Morgan fingerprint density at radius 3 is 2.58 bits per heavy atom. The molecule has 1 aromatic heterocycles. The summed E-state index contributed by atoms with van der Waals surface area (Å²) in [6.07, 6.45) is 0. The smallest absolute Gasteiger partial charge is 0.263 e. The molecule has 8 heteroatoms. The first kappa shape index (κ1) is 16.5. The van der Waals surface area contributed by atoms with Gasteiger partial charge in [-0.1, -0.05) is 41.9 Å². The molecule has 2 aromatic carbocycles. The Hall–Kier alpha value is -2.38. The van der Waals surface area contributed by atoms with Crippen molar-refractivity contribution >= 4 is 38.2 Å². The highest BCUT2D eigenvalue weighted by Gasteiger charge is 2.18. The molecule has 124 valence electrons. The molecule has 0 spiro atoms. The third-order valence-electron chi connectivity index (χ3n) is 3.30. The van der Waals surface area contributed by atoms with E-state index in [4.69, 9.17) is 16.3 Å². The van der Waals surface area contributed by atoms with E-state index >= 15 is 0 Å². The zero-order valence-corrected chi connectivity index (χ0v) is 14.3. The van der Waals surface area contributed by atoms with Crippen LogP contribution < -0.4 is 9.46 Å². The number of nitrogens with zero attached hydrogens (tertiary/aromatic N) is 2. The second-order valence-electron chi connectivity index (χ2n) is 4.90. The average molecular weight is 364 g/mol. The van der Waals surface area contributed by atoms with Gasteiger partial charge in [0.2, 0.25) is 0 Å². The van der Waals surface area contributed by atoms with E-state index in [-0.39, 0.29) is 15.9 Å². The number of hydrogen-bond acceptors (Lipinski definition) is 5. The van der Waals surface area contributed by atoms with E-state index in [0.29, 0.717) is 23.1 Å². The van der Waals surface area contributed by atoms with E-state index in [0.717, 1.165) is 0 Å². The molecule has 0 aliphatic heterocycles. The number of rotatable bonds is 5. The van der Waals surface area contributed by atoms with Crippen molar-refractivity contribution in [1.29, 1.82) is 0 Å². The highest BCUT2D eigenvalue weighted by molar-refractivity contribution is 7.92. The van der Waals surface area contributed by atoms with Gasteiger partial charge in [0.1, 0.15) is 5.75 Å². The van der Waals surface area contributed by atoms with Gasteiger partial charge in [0.05, 0.1) is 11.5 Å². The molecule has 24 heavy (non-hydrogen) atoms. The van der Waals surface area contributed by atoms with Crippen molar-refractivity contribution in [3.05, 3.63) is 53.7 Å². The fourth-order valence-electron chi connectivity index (χ4n) is 2.23. The standard InChI is InChI=1S/C16H14ClN3O3S/c1-2-23-11-6-5-7-12(10-11)24(21,22)20-16-14-9-4-3-8-13(14)15(17)18-19-16/h3-10H,2H2,1H3,(H,19,20). The fourth-order valence-corrected chi connectivity index (χ4v) is 3.49. The number of fused-ring (bicyclic) bond motifs is 1. The predicted molar refractivity (Wildman–Crippen MR) is 93.0 cm³/mol. The normalized spacial score (nSPS) is 11.4. The number of halogens is 1. The summed E-state index contributed by atoms with van der Waals surface area (Å²) in [7, 11) is -3.83. The van der Waals surface area contributed by atoms with Crippen molar-refractivity contribution in [2.45, 2.75) is 11.8 Å². The second-order valence-corrected chi connectivity index (χ2v) is 6.94. The van der Waals surface area contributed by atoms with Crippen LogP contribution in [-0.4, -0.2) is 25.2 Å². The van der Waals surface area contributed by atoms with Crippen LogP contribution in [0, 0.1) is 0 Å². The molecule has 6 nitrogen and oxygen atoms in total. The minimum absolute atomic E-state index is 0.0780. The van der Waals surface area contributed by atoms with Gasteiger partial charge in [-0.25, -0.2) is 8.42 Å². The molecule has 0 saturated carbocycles. The van der Waals surface area contributed by atoms with Crippen molar-refractivity contribution in [2.75, 3.05) is 11.3 Å². The predicted octanol–water partition coefficient (Wildman–Crippen LogP) is 3.48. The molecule has 0 bridgehead atoms. The van der Waals surface area contributed by atoms with Gasteiger partial charge < -0.3 is 4.74 Å². The van der Waals surface area contributed by atoms with Gasteiger partial charge in [0, 0.05) is 16.8 Å². The molecule has 0 unspecified atom stereocenters. The highest BCUT2D eigenvalue weighted by atomic mass is 35.5. The third kappa shape index (κ3) is 3.27. The summed E-state index contributed by atoms with van der Waals surface area (Å²) in [5.74, 6) is 0.601. The van der Waals surface area contributed by atoms with E-state index in [1.165, 1.54) is 12.1 Å². The van der Waals surface area contributed by atoms with E-state index in [9.17, 15) is 8.42 Å². The molecule has 3 rings (SSSR count). The maximum Gasteiger partial charge on any atom is 0.263 e. The van der Waals surface area contributed by atoms with Crippen LogP contribution in [0.2, 0.25) is 5.15 Å². The van der Waals surface area contributed by atoms with Crippen LogP contribution in [0.25, 0.3) is 10.8 Å². The minimum Gasteiger partial charge on any atom is -0.494 e. The Morgan fingerprint density at radius 2 is 1.83 bits per heavy atom. The lowest BCUT2D eigenvalue weighted by Gasteiger charge is -2.11. The van der Waals surface area contributed by atoms with Gasteiger partial charge in [-0.3, -0.25) is 4.72 Å². The molecule has 0 fully saturated rings. The summed E-state index contributed by atoms with van der Waals surface area (Å²) < 4.78 is 33.0. The first-order chi connectivity index (χ1) is 11.5. The molecular weight excluding hydrogens is 350 g/mol. The van der Waals surface area contributed by atoms with Crippen molar-refractivity contribution in [2.24, 2.45) is 0 Å². The largest absolute Gasteiger partial charge is 0.494 e. The Balaban J connectivity index is 2.01. The number of sulfonamides is 1. The molecule has 0 saturated heterocycles. The quantitative estimate of drug-likeness (QED) is 0.750. The van der Waals surface area contributed by atoms with Crippen LogP contribution in [0.1, 0.15) is 6.92 Å². The van der Waals surface area contributed by atoms with Crippen molar-refractivity contribution in [1.82, 2.24) is 10.2 Å². The van der Waals surface area contributed by atoms with Crippen molar-refractivity contribution in [3.8, 4) is 5.75 Å². The lowest BCUT2D eigenvalue weighted by atomic mass is 10.2. The van der Waals surface area contributed by atoms with Crippen molar-refractivity contribution in [3.63, 3.8) is 0 Å². The Bertz CT molecular complexity index is 993. The minimum atomic E-state index is -3.83. The lowest BCUT2D eigenvalue weighted by molar-refractivity contribution is 0.339. The number of nitrogens with one attached hydrogen (secondary N) is 1. The number of aromatic nitrogens is 2. The number of benzene rings is 2. The molecule has 0 aliphatic rings. The van der Waals surface area contributed by atoms with Crippen LogP contribution in [-0.2, 0) is 10.0 Å². The highest BCUT2D eigenvalue weighted by Crippen LogP contribution is 2.27. The Morgan fingerprint density at radius 1 is 1.08 bits per heavy atom. The maximum atomic E-state index is 12.6. The van der Waals surface area contributed by atoms with Crippen molar-refractivity contribution < 1.29 is 13.2 Å². The van der Waals surface area contributed by atoms with Crippen LogP contribution >= 0.6 is 11.6 Å². The van der Waals surface area contributed by atoms with Gasteiger partial charge >= 0.3 is 0 Å². The molecule has 0 amide bonds. The van der Waals surface area contributed by atoms with Gasteiger partial charge in [-0.2, -0.15) is 0 Å². The monoisotopic (exact) mass is 363 g/mol. The summed E-state index contributed by atoms with van der Waals surface area (Å²) in [5, 5.41) is 9.07. The van der Waals surface area contributed by atoms with E-state index in [1.54, 1.807) is 36.4 Å².